The highest BCUT2D eigenvalue weighted by atomic mass is 79.9. The van der Waals surface area contributed by atoms with Gasteiger partial charge in [-0.05, 0) is 41.1 Å². The van der Waals surface area contributed by atoms with E-state index in [1.165, 1.54) is 6.07 Å². The lowest BCUT2D eigenvalue weighted by Gasteiger charge is -2.07. The molecule has 0 aliphatic rings. The molecule has 0 fully saturated rings. The number of amides is 2. The van der Waals surface area contributed by atoms with Crippen LogP contribution in [0.25, 0.3) is 0 Å². The molecule has 9 heteroatoms. The fourth-order valence-electron chi connectivity index (χ4n) is 1.51. The molecule has 1 heterocycles. The summed E-state index contributed by atoms with van der Waals surface area (Å²) < 4.78 is 5.28. The standard InChI is InChI=1S/C12H11BrN4O4/c1-6-15-10(21-17-6)5-14-12(20)16-7-2-3-9(13)8(4-7)11(18)19/h2-4H,5H2,1H3,(H,18,19)(H2,14,16,20). The van der Waals surface area contributed by atoms with E-state index >= 15 is 0 Å². The van der Waals surface area contributed by atoms with E-state index in [4.69, 9.17) is 9.63 Å². The first-order valence-corrected chi connectivity index (χ1v) is 6.62. The molecule has 3 N–H and O–H groups in total. The van der Waals surface area contributed by atoms with Gasteiger partial charge in [-0.25, -0.2) is 9.59 Å². The van der Waals surface area contributed by atoms with Crippen LogP contribution in [0.4, 0.5) is 10.5 Å². The van der Waals surface area contributed by atoms with Gasteiger partial charge in [0.2, 0.25) is 5.89 Å². The Morgan fingerprint density at radius 1 is 1.43 bits per heavy atom. The lowest BCUT2D eigenvalue weighted by atomic mass is 10.2. The minimum atomic E-state index is -1.09. The lowest BCUT2D eigenvalue weighted by molar-refractivity contribution is 0.0696. The molecule has 0 atom stereocenters. The van der Waals surface area contributed by atoms with Crippen molar-refractivity contribution in [1.29, 1.82) is 0 Å². The number of urea groups is 1. The smallest absolute Gasteiger partial charge is 0.336 e. The lowest BCUT2D eigenvalue weighted by Crippen LogP contribution is -2.28. The van der Waals surface area contributed by atoms with Crippen molar-refractivity contribution in [3.05, 3.63) is 40.0 Å². The molecule has 1 aromatic heterocycles. The summed E-state index contributed by atoms with van der Waals surface area (Å²) in [6, 6.07) is 3.96. The molecular weight excluding hydrogens is 344 g/mol. The molecule has 0 unspecified atom stereocenters. The second kappa shape index (κ2) is 6.35. The minimum absolute atomic E-state index is 0.0559. The Hall–Kier alpha value is -2.42. The number of carboxylic acids is 1. The highest BCUT2D eigenvalue weighted by molar-refractivity contribution is 9.10. The van der Waals surface area contributed by atoms with E-state index in [-0.39, 0.29) is 18.0 Å². The van der Waals surface area contributed by atoms with Crippen molar-refractivity contribution < 1.29 is 19.2 Å². The Kier molecular flexibility index (Phi) is 4.53. The third-order valence-corrected chi connectivity index (χ3v) is 3.12. The summed E-state index contributed by atoms with van der Waals surface area (Å²) in [5.41, 5.74) is 0.412. The molecule has 0 aliphatic carbocycles. The van der Waals surface area contributed by atoms with Gasteiger partial charge >= 0.3 is 12.0 Å². The van der Waals surface area contributed by atoms with Gasteiger partial charge in [0.15, 0.2) is 5.82 Å². The van der Waals surface area contributed by atoms with E-state index in [0.29, 0.717) is 16.0 Å². The highest BCUT2D eigenvalue weighted by Crippen LogP contribution is 2.21. The fourth-order valence-corrected chi connectivity index (χ4v) is 1.93. The van der Waals surface area contributed by atoms with Crippen molar-refractivity contribution in [2.45, 2.75) is 13.5 Å². The van der Waals surface area contributed by atoms with Gasteiger partial charge in [0, 0.05) is 10.2 Å². The van der Waals surface area contributed by atoms with Gasteiger partial charge in [-0.15, -0.1) is 0 Å². The van der Waals surface area contributed by atoms with Crippen LogP contribution in [-0.2, 0) is 6.54 Å². The van der Waals surface area contributed by atoms with Gasteiger partial charge < -0.3 is 20.3 Å². The van der Waals surface area contributed by atoms with Crippen LogP contribution in [0, 0.1) is 6.92 Å². The molecule has 0 spiro atoms. The number of aryl methyl sites for hydroxylation is 1. The summed E-state index contributed by atoms with van der Waals surface area (Å²) in [4.78, 5) is 26.6. The zero-order valence-electron chi connectivity index (χ0n) is 10.9. The largest absolute Gasteiger partial charge is 0.478 e. The molecule has 2 rings (SSSR count). The quantitative estimate of drug-likeness (QED) is 0.774. The van der Waals surface area contributed by atoms with Gasteiger partial charge in [-0.2, -0.15) is 4.98 Å². The van der Waals surface area contributed by atoms with Crippen LogP contribution in [-0.4, -0.2) is 27.2 Å². The van der Waals surface area contributed by atoms with Gasteiger partial charge in [-0.1, -0.05) is 5.16 Å². The Bertz CT molecular complexity index is 686. The number of carbonyl (C=O) groups is 2. The van der Waals surface area contributed by atoms with Crippen LogP contribution >= 0.6 is 15.9 Å². The number of aromatic nitrogens is 2. The Morgan fingerprint density at radius 3 is 2.81 bits per heavy atom. The Labute approximate surface area is 127 Å². The average molecular weight is 355 g/mol. The number of aromatic carboxylic acids is 1. The molecule has 0 saturated heterocycles. The van der Waals surface area contributed by atoms with Crippen molar-refractivity contribution >= 4 is 33.6 Å². The van der Waals surface area contributed by atoms with E-state index in [0.717, 1.165) is 0 Å². The number of carbonyl (C=O) groups excluding carboxylic acids is 1. The molecule has 0 radical (unpaired) electrons. The van der Waals surface area contributed by atoms with Crippen molar-refractivity contribution in [2.24, 2.45) is 0 Å². The van der Waals surface area contributed by atoms with Crippen LogP contribution in [0.1, 0.15) is 22.1 Å². The van der Waals surface area contributed by atoms with Crippen molar-refractivity contribution in [3.63, 3.8) is 0 Å². The molecule has 2 aromatic rings. The average Bonchev–Trinajstić information content (AvgIpc) is 2.84. The number of carboxylic acid groups (broad SMARTS) is 1. The zero-order valence-corrected chi connectivity index (χ0v) is 12.5. The maximum atomic E-state index is 11.7. The summed E-state index contributed by atoms with van der Waals surface area (Å²) in [6.07, 6.45) is 0. The number of hydrogen-bond donors (Lipinski definition) is 3. The maximum Gasteiger partial charge on any atom is 0.336 e. The summed E-state index contributed by atoms with van der Waals surface area (Å²) in [5, 5.41) is 17.6. The monoisotopic (exact) mass is 354 g/mol. The van der Waals surface area contributed by atoms with Crippen LogP contribution in [0.15, 0.2) is 27.2 Å². The van der Waals surface area contributed by atoms with Crippen molar-refractivity contribution in [3.8, 4) is 0 Å². The molecule has 0 aliphatic heterocycles. The first-order chi connectivity index (χ1) is 9.95. The molecule has 1 aromatic carbocycles. The predicted molar refractivity (Wildman–Crippen MR) is 76.0 cm³/mol. The fraction of sp³-hybridized carbons (Fsp3) is 0.167. The first kappa shape index (κ1) is 15.0. The van der Waals surface area contributed by atoms with Crippen LogP contribution in [0.3, 0.4) is 0 Å². The number of rotatable bonds is 4. The van der Waals surface area contributed by atoms with E-state index in [2.05, 4.69) is 36.7 Å². The van der Waals surface area contributed by atoms with Gasteiger partial charge in [-0.3, -0.25) is 0 Å². The first-order valence-electron chi connectivity index (χ1n) is 5.82. The summed E-state index contributed by atoms with van der Waals surface area (Å²) >= 11 is 3.12. The van der Waals surface area contributed by atoms with E-state index in [9.17, 15) is 9.59 Å². The summed E-state index contributed by atoms with van der Waals surface area (Å²) in [5.74, 6) is -0.330. The van der Waals surface area contributed by atoms with E-state index in [1.807, 2.05) is 0 Å². The predicted octanol–water partition coefficient (Wildman–Crippen LogP) is 2.16. The van der Waals surface area contributed by atoms with E-state index < -0.39 is 12.0 Å². The van der Waals surface area contributed by atoms with Crippen LogP contribution in [0.2, 0.25) is 0 Å². The van der Waals surface area contributed by atoms with E-state index in [1.54, 1.807) is 19.1 Å². The zero-order chi connectivity index (χ0) is 15.4. The van der Waals surface area contributed by atoms with Crippen LogP contribution < -0.4 is 10.6 Å². The third kappa shape index (κ3) is 4.02. The van der Waals surface area contributed by atoms with Gasteiger partial charge in [0.05, 0.1) is 12.1 Å². The minimum Gasteiger partial charge on any atom is -0.478 e. The SMILES string of the molecule is Cc1noc(CNC(=O)Nc2ccc(Br)c(C(=O)O)c2)n1. The van der Waals surface area contributed by atoms with Gasteiger partial charge in [0.25, 0.3) is 0 Å². The molecule has 0 saturated carbocycles. The summed E-state index contributed by atoms with van der Waals surface area (Å²) in [6.45, 7) is 1.75. The number of nitrogens with zero attached hydrogens (tertiary/aromatic N) is 2. The number of halogens is 1. The van der Waals surface area contributed by atoms with Gasteiger partial charge in [0.1, 0.15) is 0 Å². The molecule has 8 nitrogen and oxygen atoms in total. The molecule has 0 bridgehead atoms. The Balaban J connectivity index is 1.96. The van der Waals surface area contributed by atoms with Crippen molar-refractivity contribution in [2.75, 3.05) is 5.32 Å². The second-order valence-corrected chi connectivity index (χ2v) is 4.90. The normalized spacial score (nSPS) is 10.2. The number of hydrogen-bond acceptors (Lipinski definition) is 5. The van der Waals surface area contributed by atoms with Crippen LogP contribution in [0.5, 0.6) is 0 Å². The summed E-state index contributed by atoms with van der Waals surface area (Å²) in [7, 11) is 0. The molecular formula is C12H11BrN4O4. The highest BCUT2D eigenvalue weighted by Gasteiger charge is 2.11. The third-order valence-electron chi connectivity index (χ3n) is 2.42. The number of anilines is 1. The Morgan fingerprint density at radius 2 is 2.19 bits per heavy atom. The number of nitrogens with one attached hydrogen (secondary N) is 2. The molecule has 21 heavy (non-hydrogen) atoms. The maximum absolute atomic E-state index is 11.7. The molecule has 110 valence electrons. The second-order valence-electron chi connectivity index (χ2n) is 4.04. The molecule has 2 amide bonds. The van der Waals surface area contributed by atoms with Crippen molar-refractivity contribution in [1.82, 2.24) is 15.5 Å². The number of benzene rings is 1. The topological polar surface area (TPSA) is 117 Å².